The van der Waals surface area contributed by atoms with Gasteiger partial charge in [-0.2, -0.15) is 4.98 Å². The van der Waals surface area contributed by atoms with Crippen molar-refractivity contribution < 1.29 is 49.4 Å². The van der Waals surface area contributed by atoms with Crippen LogP contribution in [0.15, 0.2) is 11.1 Å². The van der Waals surface area contributed by atoms with Gasteiger partial charge in [-0.3, -0.25) is 9.78 Å². The number of aliphatic carboxylic acids is 1. The number of nitrogens with one attached hydrogen (secondary N) is 1. The average molecular weight is 539 g/mol. The van der Waals surface area contributed by atoms with Gasteiger partial charge in [-0.05, 0) is 0 Å². The van der Waals surface area contributed by atoms with Crippen LogP contribution in [0.2, 0.25) is 0 Å². The van der Waals surface area contributed by atoms with Crippen molar-refractivity contribution in [3.05, 3.63) is 36.6 Å². The van der Waals surface area contributed by atoms with Crippen molar-refractivity contribution in [2.24, 2.45) is 12.8 Å². The predicted octanol–water partition coefficient (Wildman–Crippen LogP) is -3.82. The molecule has 141 valence electrons. The van der Waals surface area contributed by atoms with E-state index >= 15 is 0 Å². The molecule has 0 aliphatic rings. The Morgan fingerprint density at radius 2 is 1.85 bits per heavy atom. The fraction of sp³-hybridized carbons (Fsp3) is 0.250. The van der Waals surface area contributed by atoms with Gasteiger partial charge in [0.2, 0.25) is 5.95 Å². The fourth-order valence-corrected chi connectivity index (χ4v) is 1.15. The number of carboxylic acids is 1. The summed E-state index contributed by atoms with van der Waals surface area (Å²) >= 11 is 0. The number of nitrogen functional groups attached to an aromatic ring is 1. The number of rotatable bonds is 2. The van der Waals surface area contributed by atoms with Crippen molar-refractivity contribution in [2.45, 2.75) is 6.04 Å². The molecule has 0 bridgehead atoms. The number of nitrogens with zero attached hydrogens (tertiary/aromatic N) is 3. The van der Waals surface area contributed by atoms with Crippen molar-refractivity contribution in [1.29, 1.82) is 0 Å². The van der Waals surface area contributed by atoms with E-state index in [-0.39, 0.29) is 31.9 Å². The second-order valence-corrected chi connectivity index (χ2v) is 3.59. The molecule has 0 spiro atoms. The Hall–Kier alpha value is -2.58. The first kappa shape index (κ1) is 31.2. The van der Waals surface area contributed by atoms with E-state index in [2.05, 4.69) is 34.9 Å². The average Bonchev–Trinajstić information content (AvgIpc) is 3.01. The summed E-state index contributed by atoms with van der Waals surface area (Å²) in [7, 11) is 1.72. The van der Waals surface area contributed by atoms with Gasteiger partial charge in [-0.1, -0.05) is 0 Å². The van der Waals surface area contributed by atoms with Crippen LogP contribution in [0.3, 0.4) is 0 Å². The number of fused-ring (bicyclic) bond motifs is 1. The molecule has 1 radical (unpaired) electrons. The fourth-order valence-electron chi connectivity index (χ4n) is 1.15. The minimum absolute atomic E-state index is 0. The Kier molecular flexibility index (Phi) is 22.5. The Labute approximate surface area is 160 Å². The number of carboxylic acid groups (broad SMARTS) is 1. The number of hydrogen-bond acceptors (Lipinski definition) is 8. The monoisotopic (exact) mass is 540 g/mol. The van der Waals surface area contributed by atoms with E-state index < -0.39 is 18.6 Å². The van der Waals surface area contributed by atoms with Crippen LogP contribution < -0.4 is 22.1 Å². The number of aliphatic hydroxyl groups is 1. The van der Waals surface area contributed by atoms with Gasteiger partial charge in [0, 0.05) is 27.5 Å². The van der Waals surface area contributed by atoms with E-state index in [1.54, 1.807) is 11.6 Å². The molecule has 13 nitrogen and oxygen atoms in total. The summed E-state index contributed by atoms with van der Waals surface area (Å²) in [6, 6.07) is -1.24. The molecule has 26 heavy (non-hydrogen) atoms. The summed E-state index contributed by atoms with van der Waals surface area (Å²) in [6.07, 6.45) is 1.52. The number of aryl methyl sites for hydroxylation is 1. The topological polar surface area (TPSA) is 236 Å². The Morgan fingerprint density at radius 1 is 1.38 bits per heavy atom. The molecule has 2 aromatic heterocycles. The van der Waals surface area contributed by atoms with Crippen molar-refractivity contribution in [3.63, 3.8) is 0 Å². The first-order valence-corrected chi connectivity index (χ1v) is 5.72. The minimum atomic E-state index is -1.43. The van der Waals surface area contributed by atoms with Crippen molar-refractivity contribution >= 4 is 23.1 Å². The summed E-state index contributed by atoms with van der Waals surface area (Å²) in [4.78, 5) is 30.9. The number of imidazole rings is 1. The number of anilines is 1. The maximum Gasteiger partial charge on any atom is 0 e. The van der Waals surface area contributed by atoms with Crippen LogP contribution in [0, 0.1) is 20.0 Å². The molecule has 0 saturated heterocycles. The van der Waals surface area contributed by atoms with Crippen LogP contribution in [0.25, 0.3) is 11.2 Å². The number of carbonyl (C=O) groups is 1. The zero-order valence-electron chi connectivity index (χ0n) is 13.1. The third kappa shape index (κ3) is 11.1. The van der Waals surface area contributed by atoms with Crippen LogP contribution in [0.4, 0.5) is 5.95 Å². The smallest absolute Gasteiger partial charge is 0 e. The first-order chi connectivity index (χ1) is 11.9. The summed E-state index contributed by atoms with van der Waals surface area (Å²) in [5.74, 6) is -1.34. The Balaban J connectivity index is -0.000000151. The SMILES string of the molecule is Cn1cnc2nc(N)[nH]c(=O)c21.N[C@@H](CO)C(=O)[O-].[C-]#[O+].[C-]#[O+].[C-]#[O+].[Re]. The number of aromatic amines is 1. The van der Waals surface area contributed by atoms with Crippen LogP contribution in [-0.2, 0) is 46.2 Å². The molecular formula is C12H13N6O7Re-. The Morgan fingerprint density at radius 3 is 2.19 bits per heavy atom. The second-order valence-electron chi connectivity index (χ2n) is 3.59. The molecule has 14 heteroatoms. The summed E-state index contributed by atoms with van der Waals surface area (Å²) in [5.41, 5.74) is 10.6. The van der Waals surface area contributed by atoms with E-state index in [1.165, 1.54) is 6.33 Å². The third-order valence-corrected chi connectivity index (χ3v) is 2.10. The van der Waals surface area contributed by atoms with Gasteiger partial charge in [-0.15, -0.1) is 0 Å². The zero-order valence-corrected chi connectivity index (χ0v) is 15.8. The molecule has 0 aliphatic heterocycles. The molecule has 1 atom stereocenters. The third-order valence-electron chi connectivity index (χ3n) is 2.10. The zero-order chi connectivity index (χ0) is 20.6. The maximum absolute atomic E-state index is 11.2. The van der Waals surface area contributed by atoms with E-state index in [0.29, 0.717) is 11.2 Å². The molecule has 2 heterocycles. The standard InChI is InChI=1S/C6H7N5O.C3H7NO3.3CO.Re/c1-11-2-8-4-3(11)5(12)10-6(7)9-4;4-2(1-5)3(6)7;3*1-2;/h2H,1H3,(H3,7,9,10,12);2,5H,1,4H2,(H,6,7);;;;/p-1/t;2-;;;;/m.0..../s1. The molecule has 0 amide bonds. The molecule has 6 N–H and O–H groups in total. The molecule has 0 saturated carbocycles. The molecule has 0 aliphatic carbocycles. The van der Waals surface area contributed by atoms with Crippen molar-refractivity contribution in [3.8, 4) is 0 Å². The van der Waals surface area contributed by atoms with Gasteiger partial charge in [0.1, 0.15) is 0 Å². The normalized spacial score (nSPS) is 8.81. The number of hydrogen-bond donors (Lipinski definition) is 4. The number of aromatic nitrogens is 4. The maximum atomic E-state index is 11.2. The largest absolute Gasteiger partial charge is 0 e. The van der Waals surface area contributed by atoms with E-state index in [0.717, 1.165) is 0 Å². The van der Waals surface area contributed by atoms with Gasteiger partial charge in [0.25, 0.3) is 5.56 Å². The molecule has 0 fully saturated rings. The number of H-pyrrole nitrogens is 1. The molecule has 2 aromatic rings. The quantitative estimate of drug-likeness (QED) is 0.217. The van der Waals surface area contributed by atoms with Crippen LogP contribution >= 0.6 is 0 Å². The molecule has 0 aromatic carbocycles. The molecule has 0 unspecified atom stereocenters. The van der Waals surface area contributed by atoms with E-state index in [9.17, 15) is 14.7 Å². The number of carbonyl (C=O) groups excluding carboxylic acids is 1. The summed E-state index contributed by atoms with van der Waals surface area (Å²) in [5, 5.41) is 17.5. The first-order valence-electron chi connectivity index (χ1n) is 5.72. The van der Waals surface area contributed by atoms with Gasteiger partial charge in [0.15, 0.2) is 11.2 Å². The van der Waals surface area contributed by atoms with Gasteiger partial charge >= 0.3 is 33.9 Å². The number of aliphatic hydroxyl groups excluding tert-OH is 1. The van der Waals surface area contributed by atoms with Crippen LogP contribution in [0.5, 0.6) is 0 Å². The molecular weight excluding hydrogens is 526 g/mol. The van der Waals surface area contributed by atoms with Crippen LogP contribution in [0.1, 0.15) is 0 Å². The second kappa shape index (κ2) is 18.8. The van der Waals surface area contributed by atoms with E-state index in [4.69, 9.17) is 30.5 Å². The summed E-state index contributed by atoms with van der Waals surface area (Å²) < 4.78 is 24.1. The van der Waals surface area contributed by atoms with Crippen molar-refractivity contribution in [2.75, 3.05) is 12.3 Å². The van der Waals surface area contributed by atoms with Gasteiger partial charge < -0.3 is 31.0 Å². The van der Waals surface area contributed by atoms with Crippen LogP contribution in [-0.4, -0.2) is 43.2 Å². The molecule has 2 rings (SSSR count). The van der Waals surface area contributed by atoms with Gasteiger partial charge in [-0.25, -0.2) is 4.98 Å². The van der Waals surface area contributed by atoms with E-state index in [1.807, 2.05) is 0 Å². The Bertz CT molecular complexity index is 752. The summed E-state index contributed by atoms with van der Waals surface area (Å²) in [6.45, 7) is 12.9. The number of nitrogens with two attached hydrogens (primary N) is 2. The predicted molar refractivity (Wildman–Crippen MR) is 75.4 cm³/mol. The minimum Gasteiger partial charge on any atom is 0 e. The van der Waals surface area contributed by atoms with Gasteiger partial charge in [0.05, 0.1) is 24.9 Å². The van der Waals surface area contributed by atoms with Crippen molar-refractivity contribution in [1.82, 2.24) is 19.5 Å².